The second-order valence-corrected chi connectivity index (χ2v) is 8.24. The number of hydrogen-bond donors (Lipinski definition) is 1. The molecule has 0 aromatic carbocycles. The van der Waals surface area contributed by atoms with Crippen molar-refractivity contribution in [2.24, 2.45) is 0 Å². The third-order valence-corrected chi connectivity index (χ3v) is 5.81. The molecule has 1 unspecified atom stereocenters. The van der Waals surface area contributed by atoms with Gasteiger partial charge in [-0.05, 0) is 72.0 Å². The summed E-state index contributed by atoms with van der Waals surface area (Å²) < 4.78 is 1.38. The minimum atomic E-state index is 0.408. The zero-order valence-corrected chi connectivity index (χ0v) is 14.3. The Morgan fingerprint density at radius 3 is 3.11 bits per heavy atom. The van der Waals surface area contributed by atoms with Crippen molar-refractivity contribution < 1.29 is 0 Å². The van der Waals surface area contributed by atoms with Crippen molar-refractivity contribution in [1.29, 1.82) is 0 Å². The molecule has 0 bridgehead atoms. The van der Waals surface area contributed by atoms with E-state index in [0.29, 0.717) is 11.2 Å². The molecule has 19 heavy (non-hydrogen) atoms. The normalized spacial score (nSPS) is 18.2. The van der Waals surface area contributed by atoms with Gasteiger partial charge in [0.2, 0.25) is 0 Å². The molecule has 1 aliphatic rings. The Balaban J connectivity index is 1.86. The highest BCUT2D eigenvalue weighted by molar-refractivity contribution is 14.1. The highest BCUT2D eigenvalue weighted by Gasteiger charge is 2.22. The molecule has 0 fully saturated rings. The van der Waals surface area contributed by atoms with E-state index in [4.69, 9.17) is 11.6 Å². The molecular weight excluding hydrogens is 391 g/mol. The third-order valence-electron chi connectivity index (χ3n) is 3.44. The number of fused-ring (bicyclic) bond motifs is 1. The van der Waals surface area contributed by atoms with Gasteiger partial charge in [0.05, 0.1) is 20.8 Å². The Hall–Kier alpha value is -0.330. The maximum atomic E-state index is 5.97. The van der Waals surface area contributed by atoms with Gasteiger partial charge in [-0.3, -0.25) is 0 Å². The Kier molecular flexibility index (Phi) is 4.01. The Morgan fingerprint density at radius 2 is 2.32 bits per heavy atom. The van der Waals surface area contributed by atoms with Crippen molar-refractivity contribution in [3.63, 3.8) is 0 Å². The molecule has 0 radical (unpaired) electrons. The molecule has 0 amide bonds. The highest BCUT2D eigenvalue weighted by atomic mass is 127. The Morgan fingerprint density at radius 1 is 1.47 bits per heavy atom. The van der Waals surface area contributed by atoms with E-state index in [-0.39, 0.29) is 0 Å². The molecule has 3 rings (SSSR count). The van der Waals surface area contributed by atoms with Crippen LogP contribution in [0.15, 0.2) is 18.3 Å². The van der Waals surface area contributed by atoms with Crippen LogP contribution in [0, 0.1) is 9.81 Å². The summed E-state index contributed by atoms with van der Waals surface area (Å²) in [6, 6.07) is 4.79. The summed E-state index contributed by atoms with van der Waals surface area (Å²) in [7, 11) is 0. The van der Waals surface area contributed by atoms with Gasteiger partial charge in [0.25, 0.3) is 0 Å². The van der Waals surface area contributed by atoms with Gasteiger partial charge in [0, 0.05) is 4.88 Å². The van der Waals surface area contributed by atoms with E-state index < -0.39 is 0 Å². The van der Waals surface area contributed by atoms with Crippen LogP contribution in [0.2, 0.25) is 5.15 Å². The van der Waals surface area contributed by atoms with Gasteiger partial charge in [-0.2, -0.15) is 0 Å². The number of rotatable bonds is 2. The predicted octanol–water partition coefficient (Wildman–Crippen LogP) is 5.20. The first-order valence-electron chi connectivity index (χ1n) is 6.30. The average molecular weight is 405 g/mol. The standard InChI is InChI=1S/C14H14ClIN2S/c1-8-5-9(7-17-14(8)15)18-11-3-2-4-12-10(11)6-13(16)19-12/h5-7,11,18H,2-4H2,1H3. The smallest absolute Gasteiger partial charge is 0.132 e. The number of thiophene rings is 1. The van der Waals surface area contributed by atoms with E-state index in [1.54, 1.807) is 0 Å². The number of aromatic nitrogens is 1. The summed E-state index contributed by atoms with van der Waals surface area (Å²) in [6.07, 6.45) is 5.47. The van der Waals surface area contributed by atoms with Crippen LogP contribution in [-0.2, 0) is 6.42 Å². The summed E-state index contributed by atoms with van der Waals surface area (Å²) in [5.74, 6) is 0. The van der Waals surface area contributed by atoms with Gasteiger partial charge < -0.3 is 5.32 Å². The molecule has 5 heteroatoms. The first-order valence-corrected chi connectivity index (χ1v) is 8.57. The third kappa shape index (κ3) is 2.90. The molecule has 0 spiro atoms. The quantitative estimate of drug-likeness (QED) is 0.550. The van der Waals surface area contributed by atoms with E-state index in [1.165, 1.54) is 32.6 Å². The van der Waals surface area contributed by atoms with E-state index in [2.05, 4.69) is 45.0 Å². The van der Waals surface area contributed by atoms with Crippen LogP contribution in [-0.4, -0.2) is 4.98 Å². The maximum Gasteiger partial charge on any atom is 0.132 e. The fourth-order valence-corrected chi connectivity index (χ4v) is 4.73. The molecule has 2 heterocycles. The van der Waals surface area contributed by atoms with Gasteiger partial charge in [0.15, 0.2) is 0 Å². The Labute approximate surface area is 135 Å². The van der Waals surface area contributed by atoms with Crippen LogP contribution in [0.5, 0.6) is 0 Å². The molecule has 1 N–H and O–H groups in total. The lowest BCUT2D eigenvalue weighted by atomic mass is 9.94. The van der Waals surface area contributed by atoms with E-state index in [1.807, 2.05) is 24.5 Å². The van der Waals surface area contributed by atoms with Crippen molar-refractivity contribution in [2.75, 3.05) is 5.32 Å². The highest BCUT2D eigenvalue weighted by Crippen LogP contribution is 2.38. The summed E-state index contributed by atoms with van der Waals surface area (Å²) in [5.41, 5.74) is 3.54. The van der Waals surface area contributed by atoms with Gasteiger partial charge >= 0.3 is 0 Å². The van der Waals surface area contributed by atoms with Crippen LogP contribution in [0.3, 0.4) is 0 Å². The molecule has 2 aromatic heterocycles. The molecule has 0 saturated heterocycles. The number of nitrogens with one attached hydrogen (secondary N) is 1. The SMILES string of the molecule is Cc1cc(NC2CCCc3sc(I)cc32)cnc1Cl. The fourth-order valence-electron chi connectivity index (χ4n) is 2.51. The molecule has 100 valence electrons. The average Bonchev–Trinajstić information content (AvgIpc) is 2.75. The van der Waals surface area contributed by atoms with E-state index in [0.717, 1.165) is 11.3 Å². The molecule has 1 aliphatic carbocycles. The second-order valence-electron chi connectivity index (χ2n) is 4.85. The lowest BCUT2D eigenvalue weighted by Gasteiger charge is -2.24. The first kappa shape index (κ1) is 13.6. The topological polar surface area (TPSA) is 24.9 Å². The Bertz CT molecular complexity index is 611. The maximum absolute atomic E-state index is 5.97. The number of anilines is 1. The molecule has 1 atom stereocenters. The molecular formula is C14H14ClIN2S. The largest absolute Gasteiger partial charge is 0.377 e. The lowest BCUT2D eigenvalue weighted by Crippen LogP contribution is -2.15. The van der Waals surface area contributed by atoms with Crippen LogP contribution in [0.25, 0.3) is 0 Å². The van der Waals surface area contributed by atoms with Crippen LogP contribution < -0.4 is 5.32 Å². The minimum absolute atomic E-state index is 0.408. The summed E-state index contributed by atoms with van der Waals surface area (Å²) in [5, 5.41) is 4.18. The fraction of sp³-hybridized carbons (Fsp3) is 0.357. The monoisotopic (exact) mass is 404 g/mol. The molecule has 0 saturated carbocycles. The van der Waals surface area contributed by atoms with Gasteiger partial charge in [-0.15, -0.1) is 11.3 Å². The van der Waals surface area contributed by atoms with Crippen LogP contribution >= 0.6 is 45.5 Å². The van der Waals surface area contributed by atoms with Gasteiger partial charge in [0.1, 0.15) is 5.15 Å². The predicted molar refractivity (Wildman–Crippen MR) is 90.3 cm³/mol. The molecule has 0 aliphatic heterocycles. The first-order chi connectivity index (χ1) is 9.13. The van der Waals surface area contributed by atoms with Crippen LogP contribution in [0.1, 0.15) is 34.9 Å². The molecule has 2 nitrogen and oxygen atoms in total. The van der Waals surface area contributed by atoms with Crippen molar-refractivity contribution in [3.8, 4) is 0 Å². The van der Waals surface area contributed by atoms with Crippen molar-refractivity contribution in [2.45, 2.75) is 32.2 Å². The van der Waals surface area contributed by atoms with Crippen molar-refractivity contribution in [1.82, 2.24) is 4.98 Å². The number of nitrogens with zero attached hydrogens (tertiary/aromatic N) is 1. The van der Waals surface area contributed by atoms with Crippen molar-refractivity contribution in [3.05, 3.63) is 42.4 Å². The summed E-state index contributed by atoms with van der Waals surface area (Å²) in [4.78, 5) is 5.74. The number of pyridine rings is 1. The minimum Gasteiger partial charge on any atom is -0.377 e. The van der Waals surface area contributed by atoms with Gasteiger partial charge in [-0.1, -0.05) is 11.6 Å². The lowest BCUT2D eigenvalue weighted by molar-refractivity contribution is 0.608. The summed E-state index contributed by atoms with van der Waals surface area (Å²) in [6.45, 7) is 1.99. The van der Waals surface area contributed by atoms with Gasteiger partial charge in [-0.25, -0.2) is 4.98 Å². The number of halogens is 2. The second kappa shape index (κ2) is 5.58. The zero-order chi connectivity index (χ0) is 13.4. The number of aryl methyl sites for hydroxylation is 2. The number of hydrogen-bond acceptors (Lipinski definition) is 3. The van der Waals surface area contributed by atoms with Crippen molar-refractivity contribution >= 4 is 51.2 Å². The summed E-state index contributed by atoms with van der Waals surface area (Å²) >= 11 is 10.3. The van der Waals surface area contributed by atoms with E-state index in [9.17, 15) is 0 Å². The van der Waals surface area contributed by atoms with Crippen LogP contribution in [0.4, 0.5) is 5.69 Å². The zero-order valence-electron chi connectivity index (χ0n) is 10.5. The molecule has 2 aromatic rings. The van der Waals surface area contributed by atoms with E-state index >= 15 is 0 Å².